The molecule has 1 aliphatic heterocycles. The van der Waals surface area contributed by atoms with Crippen LogP contribution in [0.15, 0.2) is 60.9 Å². The van der Waals surface area contributed by atoms with Crippen LogP contribution in [0.4, 0.5) is 0 Å². The number of aromatic nitrogens is 2. The van der Waals surface area contributed by atoms with Crippen molar-refractivity contribution in [1.29, 1.82) is 0 Å². The highest BCUT2D eigenvalue weighted by Gasteiger charge is 2.34. The Kier molecular flexibility index (Phi) is 14.4. The van der Waals surface area contributed by atoms with Crippen molar-refractivity contribution in [2.75, 3.05) is 0 Å². The zero-order chi connectivity index (χ0) is 31.0. The number of nitrogens with zero attached hydrogens (tertiary/aromatic N) is 2. The van der Waals surface area contributed by atoms with Crippen LogP contribution < -0.4 is 0 Å². The highest BCUT2D eigenvalue weighted by atomic mass is 16.5. The normalized spacial score (nSPS) is 17.1. The molecule has 1 aliphatic rings. The summed E-state index contributed by atoms with van der Waals surface area (Å²) in [4.78, 5) is 22.1. The first kappa shape index (κ1) is 33.9. The van der Waals surface area contributed by atoms with Crippen molar-refractivity contribution in [2.24, 2.45) is 5.92 Å². The molecule has 3 unspecified atom stereocenters. The van der Waals surface area contributed by atoms with Gasteiger partial charge in [-0.25, -0.2) is 9.97 Å². The van der Waals surface area contributed by atoms with E-state index < -0.39 is 0 Å². The Balaban J connectivity index is 1.27. The van der Waals surface area contributed by atoms with E-state index in [1.165, 1.54) is 87.3 Å². The molecule has 3 atom stereocenters. The van der Waals surface area contributed by atoms with Gasteiger partial charge in [0.1, 0.15) is 6.10 Å². The summed E-state index contributed by atoms with van der Waals surface area (Å²) in [5, 5.41) is 0. The van der Waals surface area contributed by atoms with Gasteiger partial charge in [0.05, 0.1) is 5.92 Å². The van der Waals surface area contributed by atoms with E-state index in [1.54, 1.807) is 0 Å². The minimum absolute atomic E-state index is 0.0103. The summed E-state index contributed by atoms with van der Waals surface area (Å²) in [7, 11) is 0. The predicted molar refractivity (Wildman–Crippen MR) is 184 cm³/mol. The van der Waals surface area contributed by atoms with Gasteiger partial charge in [-0.3, -0.25) is 4.79 Å². The van der Waals surface area contributed by atoms with Crippen LogP contribution >= 0.6 is 0 Å². The summed E-state index contributed by atoms with van der Waals surface area (Å²) < 4.78 is 5.72. The SMILES string of the molecule is CCCCCCCCCCc1ccc(-c2ncc(-c3ccccc3C(C)CCC3CC(CCCCCC)OC3=O)cn2)cc1. The quantitative estimate of drug-likeness (QED) is 0.0961. The first-order chi connectivity index (χ1) is 21.6. The summed E-state index contributed by atoms with van der Waals surface area (Å²) in [5.74, 6) is 1.14. The number of aryl methyl sites for hydroxylation is 1. The maximum absolute atomic E-state index is 12.5. The first-order valence-corrected chi connectivity index (χ1v) is 17.8. The number of unbranched alkanes of at least 4 members (excludes halogenated alkanes) is 10. The van der Waals surface area contributed by atoms with Crippen molar-refractivity contribution >= 4 is 5.97 Å². The monoisotopic (exact) mass is 596 g/mol. The van der Waals surface area contributed by atoms with Crippen LogP contribution in [-0.2, 0) is 16.0 Å². The van der Waals surface area contributed by atoms with Crippen LogP contribution in [0.25, 0.3) is 22.5 Å². The van der Waals surface area contributed by atoms with Crippen LogP contribution in [0.5, 0.6) is 0 Å². The maximum Gasteiger partial charge on any atom is 0.309 e. The summed E-state index contributed by atoms with van der Waals surface area (Å²) in [5.41, 5.74) is 5.96. The third-order valence-corrected chi connectivity index (χ3v) is 9.48. The molecule has 1 fully saturated rings. The second-order valence-corrected chi connectivity index (χ2v) is 13.1. The van der Waals surface area contributed by atoms with Gasteiger partial charge < -0.3 is 4.74 Å². The Bertz CT molecular complexity index is 1240. The molecule has 238 valence electrons. The average molecular weight is 597 g/mol. The van der Waals surface area contributed by atoms with Gasteiger partial charge in [-0.2, -0.15) is 0 Å². The van der Waals surface area contributed by atoms with E-state index in [4.69, 9.17) is 14.7 Å². The van der Waals surface area contributed by atoms with E-state index in [2.05, 4.69) is 69.3 Å². The zero-order valence-electron chi connectivity index (χ0n) is 27.7. The number of carbonyl (C=O) groups is 1. The molecule has 44 heavy (non-hydrogen) atoms. The predicted octanol–water partition coefficient (Wildman–Crippen LogP) is 11.3. The number of hydrogen-bond acceptors (Lipinski definition) is 4. The number of carbonyl (C=O) groups excluding carboxylic acids is 1. The van der Waals surface area contributed by atoms with Crippen LogP contribution in [0.3, 0.4) is 0 Å². The van der Waals surface area contributed by atoms with Gasteiger partial charge in [0.25, 0.3) is 0 Å². The second-order valence-electron chi connectivity index (χ2n) is 13.1. The van der Waals surface area contributed by atoms with Gasteiger partial charge in [-0.05, 0) is 67.6 Å². The minimum atomic E-state index is 0.0103. The lowest BCUT2D eigenvalue weighted by Crippen LogP contribution is -2.09. The zero-order valence-corrected chi connectivity index (χ0v) is 27.7. The van der Waals surface area contributed by atoms with E-state index in [-0.39, 0.29) is 18.0 Å². The molecule has 4 nitrogen and oxygen atoms in total. The molecule has 0 N–H and O–H groups in total. The molecular weight excluding hydrogens is 540 g/mol. The second kappa shape index (κ2) is 18.7. The van der Waals surface area contributed by atoms with Gasteiger partial charge in [-0.1, -0.05) is 134 Å². The average Bonchev–Trinajstić information content (AvgIpc) is 3.42. The molecule has 0 bridgehead atoms. The Morgan fingerprint density at radius 1 is 0.750 bits per heavy atom. The summed E-state index contributed by atoms with van der Waals surface area (Å²) in [6, 6.07) is 17.4. The molecule has 2 heterocycles. The molecule has 0 saturated carbocycles. The molecule has 3 aromatic rings. The molecule has 4 rings (SSSR count). The minimum Gasteiger partial charge on any atom is -0.462 e. The Hall–Kier alpha value is -3.01. The maximum atomic E-state index is 12.5. The third kappa shape index (κ3) is 10.6. The largest absolute Gasteiger partial charge is 0.462 e. The molecule has 0 spiro atoms. The van der Waals surface area contributed by atoms with Gasteiger partial charge in [0.15, 0.2) is 5.82 Å². The summed E-state index contributed by atoms with van der Waals surface area (Å²) in [6.45, 7) is 6.77. The Morgan fingerprint density at radius 3 is 2.09 bits per heavy atom. The number of benzene rings is 2. The highest BCUT2D eigenvalue weighted by Crippen LogP contribution is 2.35. The Labute approximate surface area is 267 Å². The molecule has 4 heteroatoms. The van der Waals surface area contributed by atoms with Crippen molar-refractivity contribution in [2.45, 2.75) is 142 Å². The van der Waals surface area contributed by atoms with Gasteiger partial charge >= 0.3 is 5.97 Å². The van der Waals surface area contributed by atoms with E-state index in [9.17, 15) is 4.79 Å². The number of esters is 1. The molecule has 1 aromatic heterocycles. The van der Waals surface area contributed by atoms with Gasteiger partial charge in [0, 0.05) is 23.5 Å². The fourth-order valence-electron chi connectivity index (χ4n) is 6.63. The fourth-order valence-corrected chi connectivity index (χ4v) is 6.63. The Morgan fingerprint density at radius 2 is 1.39 bits per heavy atom. The first-order valence-electron chi connectivity index (χ1n) is 17.8. The topological polar surface area (TPSA) is 52.1 Å². The molecule has 0 aliphatic carbocycles. The van der Waals surface area contributed by atoms with Crippen LogP contribution in [0, 0.1) is 5.92 Å². The standard InChI is InChI=1S/C40H56N2O2/c1-4-6-8-10-11-12-13-14-18-32-23-26-33(27-24-32)39-41-29-35(30-42-39)38-21-17-16-20-37(38)31(3)22-25-34-28-36(44-40(34)43)19-15-9-7-5-2/h16-17,20-21,23-24,26-27,29-31,34,36H,4-15,18-19,22,25,28H2,1-3H3. The van der Waals surface area contributed by atoms with Crippen LogP contribution in [0.1, 0.15) is 141 Å². The summed E-state index contributed by atoms with van der Waals surface area (Å²) >= 11 is 0. The summed E-state index contributed by atoms with van der Waals surface area (Å²) in [6.07, 6.45) is 24.6. The van der Waals surface area contributed by atoms with Crippen LogP contribution in [-0.4, -0.2) is 22.0 Å². The number of rotatable bonds is 20. The molecule has 0 radical (unpaired) electrons. The molecule has 2 aromatic carbocycles. The van der Waals surface area contributed by atoms with Crippen LogP contribution in [0.2, 0.25) is 0 Å². The lowest BCUT2D eigenvalue weighted by molar-refractivity contribution is -0.144. The van der Waals surface area contributed by atoms with Crippen molar-refractivity contribution in [3.05, 3.63) is 72.1 Å². The molecular formula is C40H56N2O2. The van der Waals surface area contributed by atoms with E-state index in [0.717, 1.165) is 55.5 Å². The smallest absolute Gasteiger partial charge is 0.309 e. The lowest BCUT2D eigenvalue weighted by atomic mass is 9.86. The van der Waals surface area contributed by atoms with E-state index in [1.807, 2.05) is 12.4 Å². The van der Waals surface area contributed by atoms with Gasteiger partial charge in [-0.15, -0.1) is 0 Å². The van der Waals surface area contributed by atoms with Crippen molar-refractivity contribution in [1.82, 2.24) is 9.97 Å². The van der Waals surface area contributed by atoms with Crippen molar-refractivity contribution in [3.63, 3.8) is 0 Å². The number of hydrogen-bond donors (Lipinski definition) is 0. The fraction of sp³-hybridized carbons (Fsp3) is 0.575. The molecule has 0 amide bonds. The number of cyclic esters (lactones) is 1. The van der Waals surface area contributed by atoms with Crippen molar-refractivity contribution < 1.29 is 9.53 Å². The van der Waals surface area contributed by atoms with E-state index in [0.29, 0.717) is 5.92 Å². The van der Waals surface area contributed by atoms with Crippen molar-refractivity contribution in [3.8, 4) is 22.5 Å². The third-order valence-electron chi connectivity index (χ3n) is 9.48. The molecule has 1 saturated heterocycles. The number of ether oxygens (including phenoxy) is 1. The van der Waals surface area contributed by atoms with Gasteiger partial charge in [0.2, 0.25) is 0 Å². The lowest BCUT2D eigenvalue weighted by Gasteiger charge is -2.17. The van der Waals surface area contributed by atoms with E-state index >= 15 is 0 Å². The highest BCUT2D eigenvalue weighted by molar-refractivity contribution is 5.74.